The molecular formula is C9H12F2N2O2S. The molecular weight excluding hydrogens is 238 g/mol. The lowest BCUT2D eigenvalue weighted by atomic mass is 10.0. The predicted molar refractivity (Wildman–Crippen MR) is 56.2 cm³/mol. The first-order chi connectivity index (χ1) is 7.22. The molecule has 0 aliphatic heterocycles. The third kappa shape index (κ3) is 3.51. The fourth-order valence-electron chi connectivity index (χ4n) is 1.27. The van der Waals surface area contributed by atoms with E-state index in [4.69, 9.17) is 0 Å². The molecule has 4 nitrogen and oxygen atoms in total. The van der Waals surface area contributed by atoms with Crippen molar-refractivity contribution in [1.29, 1.82) is 0 Å². The van der Waals surface area contributed by atoms with Gasteiger partial charge in [0.25, 0.3) is 16.1 Å². The summed E-state index contributed by atoms with van der Waals surface area (Å²) in [5.41, 5.74) is 0.176. The Labute approximate surface area is 92.6 Å². The Balaban J connectivity index is 2.90. The second kappa shape index (κ2) is 4.44. The first-order valence-corrected chi connectivity index (χ1v) is 5.98. The van der Waals surface area contributed by atoms with Gasteiger partial charge in [-0.1, -0.05) is 24.3 Å². The van der Waals surface area contributed by atoms with Gasteiger partial charge in [0.05, 0.1) is 6.54 Å². The molecule has 3 N–H and O–H groups in total. The maximum absolute atomic E-state index is 13.6. The molecule has 0 aliphatic rings. The molecule has 1 aromatic carbocycles. The average Bonchev–Trinajstić information content (AvgIpc) is 2.14. The minimum atomic E-state index is -4.11. The minimum Gasteiger partial charge on any atom is -0.216 e. The zero-order valence-corrected chi connectivity index (χ0v) is 9.39. The SMILES string of the molecule is Cc1ccccc1C(F)(F)CNS(N)(=O)=O. The molecule has 0 unspecified atom stereocenters. The van der Waals surface area contributed by atoms with Crippen LogP contribution in [0.5, 0.6) is 0 Å². The van der Waals surface area contributed by atoms with Crippen molar-refractivity contribution >= 4 is 10.2 Å². The minimum absolute atomic E-state index is 0.217. The Bertz CT molecular complexity index is 474. The molecule has 16 heavy (non-hydrogen) atoms. The molecule has 0 aromatic heterocycles. The molecule has 0 atom stereocenters. The van der Waals surface area contributed by atoms with E-state index in [1.807, 2.05) is 0 Å². The van der Waals surface area contributed by atoms with Gasteiger partial charge in [-0.25, -0.2) is 5.14 Å². The second-order valence-corrected chi connectivity index (χ2v) is 4.76. The van der Waals surface area contributed by atoms with E-state index in [9.17, 15) is 17.2 Å². The molecule has 1 aromatic rings. The Morgan fingerprint density at radius 2 is 1.94 bits per heavy atom. The van der Waals surface area contributed by atoms with Crippen LogP contribution in [0.1, 0.15) is 11.1 Å². The molecule has 90 valence electrons. The first kappa shape index (κ1) is 13.0. The van der Waals surface area contributed by atoms with E-state index in [-0.39, 0.29) is 5.56 Å². The van der Waals surface area contributed by atoms with Crippen LogP contribution >= 0.6 is 0 Å². The van der Waals surface area contributed by atoms with Crippen LogP contribution in [0, 0.1) is 6.92 Å². The summed E-state index contributed by atoms with van der Waals surface area (Å²) in [5.74, 6) is -3.28. The number of aryl methyl sites for hydroxylation is 1. The van der Waals surface area contributed by atoms with Gasteiger partial charge in [0.1, 0.15) is 0 Å². The molecule has 0 amide bonds. The van der Waals surface area contributed by atoms with E-state index >= 15 is 0 Å². The number of rotatable bonds is 4. The first-order valence-electron chi connectivity index (χ1n) is 4.44. The largest absolute Gasteiger partial charge is 0.286 e. The van der Waals surface area contributed by atoms with E-state index in [0.717, 1.165) is 0 Å². The average molecular weight is 250 g/mol. The van der Waals surface area contributed by atoms with Crippen molar-refractivity contribution < 1.29 is 17.2 Å². The Morgan fingerprint density at radius 1 is 1.38 bits per heavy atom. The number of hydrogen-bond donors (Lipinski definition) is 2. The van der Waals surface area contributed by atoms with Gasteiger partial charge in [-0.05, 0) is 12.5 Å². The summed E-state index contributed by atoms with van der Waals surface area (Å²) in [6.45, 7) is 0.483. The van der Waals surface area contributed by atoms with Crippen molar-refractivity contribution in [3.05, 3.63) is 35.4 Å². The lowest BCUT2D eigenvalue weighted by molar-refractivity contribution is 0.00147. The highest BCUT2D eigenvalue weighted by Crippen LogP contribution is 2.29. The van der Waals surface area contributed by atoms with Crippen molar-refractivity contribution in [2.45, 2.75) is 12.8 Å². The predicted octanol–water partition coefficient (Wildman–Crippen LogP) is 0.880. The van der Waals surface area contributed by atoms with Crippen molar-refractivity contribution in [1.82, 2.24) is 4.72 Å². The monoisotopic (exact) mass is 250 g/mol. The molecule has 0 radical (unpaired) electrons. The molecule has 0 aliphatic carbocycles. The Morgan fingerprint density at radius 3 is 2.44 bits per heavy atom. The molecule has 7 heteroatoms. The van der Waals surface area contributed by atoms with E-state index in [0.29, 0.717) is 5.56 Å². The van der Waals surface area contributed by atoms with Gasteiger partial charge >= 0.3 is 0 Å². The van der Waals surface area contributed by atoms with Crippen LogP contribution in [0.25, 0.3) is 0 Å². The van der Waals surface area contributed by atoms with Crippen LogP contribution in [0.2, 0.25) is 0 Å². The second-order valence-electron chi connectivity index (χ2n) is 3.39. The van der Waals surface area contributed by atoms with Gasteiger partial charge in [0.15, 0.2) is 0 Å². The van der Waals surface area contributed by atoms with E-state index in [1.165, 1.54) is 25.1 Å². The zero-order chi connectivity index (χ0) is 12.4. The summed E-state index contributed by atoms with van der Waals surface area (Å²) < 4.78 is 49.8. The van der Waals surface area contributed by atoms with Crippen molar-refractivity contribution in [3.8, 4) is 0 Å². The van der Waals surface area contributed by atoms with Crippen LogP contribution in [0.15, 0.2) is 24.3 Å². The van der Waals surface area contributed by atoms with Gasteiger partial charge in [-0.2, -0.15) is 21.9 Å². The van der Waals surface area contributed by atoms with Crippen LogP contribution in [0.3, 0.4) is 0 Å². The molecule has 0 saturated carbocycles. The van der Waals surface area contributed by atoms with E-state index < -0.39 is 22.7 Å². The van der Waals surface area contributed by atoms with Crippen LogP contribution in [0.4, 0.5) is 8.78 Å². The lowest BCUT2D eigenvalue weighted by Gasteiger charge is -2.18. The Kier molecular flexibility index (Phi) is 3.61. The topological polar surface area (TPSA) is 72.2 Å². The smallest absolute Gasteiger partial charge is 0.216 e. The molecule has 1 rings (SSSR count). The third-order valence-corrected chi connectivity index (χ3v) is 2.58. The fourth-order valence-corrected chi connectivity index (χ4v) is 1.65. The highest BCUT2D eigenvalue weighted by Gasteiger charge is 2.33. The number of halogens is 2. The van der Waals surface area contributed by atoms with Gasteiger partial charge in [0, 0.05) is 5.56 Å². The molecule has 0 bridgehead atoms. The molecule has 0 spiro atoms. The van der Waals surface area contributed by atoms with Crippen LogP contribution in [-0.2, 0) is 16.1 Å². The maximum atomic E-state index is 13.6. The summed E-state index contributed by atoms with van der Waals surface area (Å²) in [6.07, 6.45) is 0. The van der Waals surface area contributed by atoms with Crippen molar-refractivity contribution in [2.24, 2.45) is 5.14 Å². The number of nitrogens with one attached hydrogen (secondary N) is 1. The summed E-state index contributed by atoms with van der Waals surface area (Å²) in [4.78, 5) is 0. The normalized spacial score (nSPS) is 12.8. The number of alkyl halides is 2. The lowest BCUT2D eigenvalue weighted by Crippen LogP contribution is -2.39. The van der Waals surface area contributed by atoms with Crippen molar-refractivity contribution in [3.63, 3.8) is 0 Å². The van der Waals surface area contributed by atoms with Crippen LogP contribution in [-0.4, -0.2) is 15.0 Å². The highest BCUT2D eigenvalue weighted by atomic mass is 32.2. The zero-order valence-electron chi connectivity index (χ0n) is 8.57. The fraction of sp³-hybridized carbons (Fsp3) is 0.333. The summed E-state index contributed by atoms with van der Waals surface area (Å²) in [5, 5.41) is 4.59. The Hall–Kier alpha value is -1.05. The van der Waals surface area contributed by atoms with Gasteiger partial charge in [-0.3, -0.25) is 0 Å². The van der Waals surface area contributed by atoms with Gasteiger partial charge < -0.3 is 0 Å². The highest BCUT2D eigenvalue weighted by molar-refractivity contribution is 7.87. The summed E-state index contributed by atoms with van der Waals surface area (Å²) in [6, 6.07) is 5.87. The molecule has 0 heterocycles. The number of nitrogens with two attached hydrogens (primary N) is 1. The van der Waals surface area contributed by atoms with Gasteiger partial charge in [0.2, 0.25) is 0 Å². The maximum Gasteiger partial charge on any atom is 0.286 e. The number of hydrogen-bond acceptors (Lipinski definition) is 2. The standard InChI is InChI=1S/C9H12F2N2O2S/c1-7-4-2-3-5-8(7)9(10,11)6-13-16(12,14)15/h2-5,13H,6H2,1H3,(H2,12,14,15). The molecule has 0 fully saturated rings. The van der Waals surface area contributed by atoms with E-state index in [2.05, 4.69) is 5.14 Å². The van der Waals surface area contributed by atoms with Crippen LogP contribution < -0.4 is 9.86 Å². The van der Waals surface area contributed by atoms with Crippen molar-refractivity contribution in [2.75, 3.05) is 6.54 Å². The summed E-state index contributed by atoms with van der Waals surface area (Å²) in [7, 11) is -4.11. The third-order valence-electron chi connectivity index (χ3n) is 2.03. The summed E-state index contributed by atoms with van der Waals surface area (Å²) >= 11 is 0. The quantitative estimate of drug-likeness (QED) is 0.832. The number of benzene rings is 1. The van der Waals surface area contributed by atoms with E-state index in [1.54, 1.807) is 10.8 Å². The molecule has 0 saturated heterocycles. The van der Waals surface area contributed by atoms with Gasteiger partial charge in [-0.15, -0.1) is 0 Å².